The van der Waals surface area contributed by atoms with Gasteiger partial charge < -0.3 is 39.5 Å². The number of nitrogen functional groups attached to an aromatic ring is 1. The molecule has 0 bridgehead atoms. The fraction of sp³-hybridized carbons (Fsp3) is 0.571. The quantitative estimate of drug-likeness (QED) is 0.234. The Balaban J connectivity index is 0.00000220. The number of rotatable bonds is 4. The number of halogens is 1. The SMILES string of the molecule is CC[N+]1(C)CCCCC1Nc1ccc(N)cc1[N+](=O)[O-].[I-]. The second-order valence-corrected chi connectivity index (χ2v) is 5.71. The van der Waals surface area contributed by atoms with Crippen LogP contribution < -0.4 is 35.0 Å². The Kier molecular flexibility index (Phi) is 6.21. The first kappa shape index (κ1) is 18.0. The van der Waals surface area contributed by atoms with E-state index in [0.717, 1.165) is 30.4 Å². The number of nitrogens with one attached hydrogen (secondary N) is 1. The maximum atomic E-state index is 11.2. The summed E-state index contributed by atoms with van der Waals surface area (Å²) in [6, 6.07) is 4.83. The molecule has 2 rings (SSSR count). The minimum atomic E-state index is -0.377. The highest BCUT2D eigenvalue weighted by Crippen LogP contribution is 2.31. The normalized spacial score (nSPS) is 25.0. The molecular formula is C14H23IN4O2. The molecule has 1 aliphatic heterocycles. The van der Waals surface area contributed by atoms with Crippen LogP contribution in [0.15, 0.2) is 18.2 Å². The lowest BCUT2D eigenvalue weighted by molar-refractivity contribution is -0.933. The highest BCUT2D eigenvalue weighted by Gasteiger charge is 2.35. The Hall–Kier alpha value is -1.09. The monoisotopic (exact) mass is 406 g/mol. The smallest absolute Gasteiger partial charge is 0.294 e. The summed E-state index contributed by atoms with van der Waals surface area (Å²) in [6.45, 7) is 4.29. The van der Waals surface area contributed by atoms with E-state index < -0.39 is 0 Å². The van der Waals surface area contributed by atoms with Crippen molar-refractivity contribution in [1.82, 2.24) is 0 Å². The Morgan fingerprint density at radius 3 is 2.81 bits per heavy atom. The van der Waals surface area contributed by atoms with Gasteiger partial charge in [0.1, 0.15) is 5.69 Å². The van der Waals surface area contributed by atoms with Gasteiger partial charge in [0.05, 0.1) is 25.1 Å². The van der Waals surface area contributed by atoms with Gasteiger partial charge in [-0.2, -0.15) is 0 Å². The number of hydrogen-bond acceptors (Lipinski definition) is 4. The van der Waals surface area contributed by atoms with Gasteiger partial charge >= 0.3 is 0 Å². The number of hydrogen-bond donors (Lipinski definition) is 2. The van der Waals surface area contributed by atoms with Gasteiger partial charge in [0.15, 0.2) is 6.17 Å². The lowest BCUT2D eigenvalue weighted by atomic mass is 10.0. The van der Waals surface area contributed by atoms with Crippen molar-refractivity contribution in [3.8, 4) is 0 Å². The summed E-state index contributed by atoms with van der Waals surface area (Å²) in [6.07, 6.45) is 3.63. The summed E-state index contributed by atoms with van der Waals surface area (Å²) in [5, 5.41) is 14.5. The first-order valence-corrected chi connectivity index (χ1v) is 7.11. The zero-order valence-corrected chi connectivity index (χ0v) is 14.7. The molecule has 0 spiro atoms. The average molecular weight is 406 g/mol. The summed E-state index contributed by atoms with van der Waals surface area (Å²) in [5.41, 5.74) is 6.67. The molecule has 2 unspecified atom stereocenters. The first-order chi connectivity index (χ1) is 9.46. The van der Waals surface area contributed by atoms with Crippen LogP contribution in [0.5, 0.6) is 0 Å². The summed E-state index contributed by atoms with van der Waals surface area (Å²) < 4.78 is 0.904. The zero-order valence-electron chi connectivity index (χ0n) is 12.5. The average Bonchev–Trinajstić information content (AvgIpc) is 2.43. The second-order valence-electron chi connectivity index (χ2n) is 5.71. The van der Waals surface area contributed by atoms with Gasteiger partial charge in [-0.05, 0) is 31.9 Å². The highest BCUT2D eigenvalue weighted by atomic mass is 127. The number of nitro benzene ring substituents is 1. The standard InChI is InChI=1S/C14H23N4O2.HI/c1-3-18(2)9-5-4-6-14(18)16-12-8-7-11(15)10-13(12)17(19)20;/h7-8,10,14,16H,3-6,9,15H2,1-2H3;1H/q+1;/p-1. The highest BCUT2D eigenvalue weighted by molar-refractivity contribution is 5.66. The minimum Gasteiger partial charge on any atom is -1.00 e. The second kappa shape index (κ2) is 7.26. The van der Waals surface area contributed by atoms with Crippen LogP contribution in [0, 0.1) is 10.1 Å². The molecule has 21 heavy (non-hydrogen) atoms. The molecule has 0 aromatic heterocycles. The van der Waals surface area contributed by atoms with Crippen molar-refractivity contribution < 1.29 is 33.4 Å². The number of likely N-dealkylation sites (tertiary alicyclic amines) is 1. The van der Waals surface area contributed by atoms with Crippen LogP contribution in [0.2, 0.25) is 0 Å². The topological polar surface area (TPSA) is 81.2 Å². The molecule has 0 saturated carbocycles. The third kappa shape index (κ3) is 3.97. The molecule has 1 fully saturated rings. The van der Waals surface area contributed by atoms with Crippen molar-refractivity contribution in [2.75, 3.05) is 31.2 Å². The van der Waals surface area contributed by atoms with Crippen molar-refractivity contribution in [2.45, 2.75) is 32.4 Å². The van der Waals surface area contributed by atoms with E-state index in [4.69, 9.17) is 5.73 Å². The lowest BCUT2D eigenvalue weighted by Crippen LogP contribution is -3.00. The summed E-state index contributed by atoms with van der Waals surface area (Å²) in [7, 11) is 2.21. The molecule has 1 aromatic carbocycles. The summed E-state index contributed by atoms with van der Waals surface area (Å²) >= 11 is 0. The van der Waals surface area contributed by atoms with E-state index in [2.05, 4.69) is 19.3 Å². The number of benzene rings is 1. The van der Waals surface area contributed by atoms with E-state index in [9.17, 15) is 10.1 Å². The number of anilines is 2. The molecule has 1 aliphatic rings. The van der Waals surface area contributed by atoms with Crippen molar-refractivity contribution in [3.05, 3.63) is 28.3 Å². The van der Waals surface area contributed by atoms with Crippen molar-refractivity contribution in [3.63, 3.8) is 0 Å². The molecular weight excluding hydrogens is 383 g/mol. The van der Waals surface area contributed by atoms with Crippen LogP contribution in [-0.2, 0) is 0 Å². The van der Waals surface area contributed by atoms with Crippen LogP contribution in [0.25, 0.3) is 0 Å². The van der Waals surface area contributed by atoms with E-state index >= 15 is 0 Å². The van der Waals surface area contributed by atoms with Crippen LogP contribution >= 0.6 is 0 Å². The predicted molar refractivity (Wildman–Crippen MR) is 80.4 cm³/mol. The van der Waals surface area contributed by atoms with Gasteiger partial charge in [-0.15, -0.1) is 0 Å². The number of nitrogens with two attached hydrogens (primary N) is 1. The molecule has 1 saturated heterocycles. The molecule has 0 amide bonds. The Labute approximate surface area is 142 Å². The first-order valence-electron chi connectivity index (χ1n) is 7.11. The Bertz CT molecular complexity index is 512. The molecule has 3 N–H and O–H groups in total. The van der Waals surface area contributed by atoms with E-state index in [1.54, 1.807) is 12.1 Å². The zero-order chi connectivity index (χ0) is 14.8. The van der Waals surface area contributed by atoms with E-state index in [-0.39, 0.29) is 40.8 Å². The van der Waals surface area contributed by atoms with Gasteiger partial charge in [-0.1, -0.05) is 0 Å². The molecule has 7 heteroatoms. The Morgan fingerprint density at radius 2 is 2.19 bits per heavy atom. The molecule has 1 heterocycles. The van der Waals surface area contributed by atoms with Gasteiger partial charge in [-0.3, -0.25) is 10.1 Å². The molecule has 0 radical (unpaired) electrons. The summed E-state index contributed by atoms with van der Waals surface area (Å²) in [4.78, 5) is 10.8. The fourth-order valence-electron chi connectivity index (χ4n) is 2.89. The largest absolute Gasteiger partial charge is 1.00 e. The predicted octanol–water partition coefficient (Wildman–Crippen LogP) is -0.431. The van der Waals surface area contributed by atoms with Gasteiger partial charge in [0, 0.05) is 18.2 Å². The Morgan fingerprint density at radius 1 is 1.48 bits per heavy atom. The molecule has 118 valence electrons. The van der Waals surface area contributed by atoms with Gasteiger partial charge in [0.25, 0.3) is 5.69 Å². The minimum absolute atomic E-state index is 0. The van der Waals surface area contributed by atoms with E-state index in [1.165, 1.54) is 12.5 Å². The van der Waals surface area contributed by atoms with Crippen LogP contribution in [0.4, 0.5) is 17.1 Å². The van der Waals surface area contributed by atoms with Crippen molar-refractivity contribution in [1.29, 1.82) is 0 Å². The number of piperidine rings is 1. The molecule has 6 nitrogen and oxygen atoms in total. The van der Waals surface area contributed by atoms with Crippen LogP contribution in [0.1, 0.15) is 26.2 Å². The van der Waals surface area contributed by atoms with E-state index in [0.29, 0.717) is 11.4 Å². The number of nitro groups is 1. The number of quaternary nitrogens is 1. The maximum Gasteiger partial charge on any atom is 0.294 e. The van der Waals surface area contributed by atoms with Crippen LogP contribution in [-0.4, -0.2) is 35.7 Å². The molecule has 0 aliphatic carbocycles. The van der Waals surface area contributed by atoms with Crippen molar-refractivity contribution in [2.24, 2.45) is 0 Å². The van der Waals surface area contributed by atoms with Crippen molar-refractivity contribution >= 4 is 17.1 Å². The third-order valence-corrected chi connectivity index (χ3v) is 4.41. The third-order valence-electron chi connectivity index (χ3n) is 4.41. The van der Waals surface area contributed by atoms with Crippen LogP contribution in [0.3, 0.4) is 0 Å². The summed E-state index contributed by atoms with van der Waals surface area (Å²) in [5.74, 6) is 0. The van der Waals surface area contributed by atoms with Gasteiger partial charge in [0.2, 0.25) is 0 Å². The van der Waals surface area contributed by atoms with Gasteiger partial charge in [-0.25, -0.2) is 0 Å². The number of nitrogens with zero attached hydrogens (tertiary/aromatic N) is 2. The van der Waals surface area contributed by atoms with E-state index in [1.807, 2.05) is 0 Å². The lowest BCUT2D eigenvalue weighted by Gasteiger charge is -2.44. The maximum absolute atomic E-state index is 11.2. The fourth-order valence-corrected chi connectivity index (χ4v) is 2.89. The molecule has 1 aromatic rings. The molecule has 2 atom stereocenters.